The van der Waals surface area contributed by atoms with Crippen LogP contribution in [0.5, 0.6) is 5.75 Å². The number of halogens is 2. The fourth-order valence-electron chi connectivity index (χ4n) is 5.16. The SMILES string of the molecule is O=C(c1ccccc1F)N(CCN1CCCC1)CC(=O)N1CCc2sccc2C1COc1ccc(F)cc1. The van der Waals surface area contributed by atoms with Crippen LogP contribution in [0, 0.1) is 11.6 Å². The minimum Gasteiger partial charge on any atom is -0.491 e. The molecular formula is C29H31F2N3O3S. The summed E-state index contributed by atoms with van der Waals surface area (Å²) in [4.78, 5) is 33.9. The molecule has 2 amide bonds. The van der Waals surface area contributed by atoms with E-state index in [1.54, 1.807) is 40.5 Å². The van der Waals surface area contributed by atoms with Crippen LogP contribution in [0.1, 0.15) is 39.7 Å². The predicted octanol–water partition coefficient (Wildman–Crippen LogP) is 4.77. The third kappa shape index (κ3) is 6.05. The molecule has 2 aliphatic rings. The van der Waals surface area contributed by atoms with E-state index in [4.69, 9.17) is 4.74 Å². The molecule has 3 aromatic rings. The van der Waals surface area contributed by atoms with Crippen LogP contribution in [0.2, 0.25) is 0 Å². The van der Waals surface area contributed by atoms with E-state index in [0.29, 0.717) is 25.4 Å². The summed E-state index contributed by atoms with van der Waals surface area (Å²) in [6, 6.07) is 13.4. The second kappa shape index (κ2) is 12.0. The van der Waals surface area contributed by atoms with E-state index in [1.807, 2.05) is 11.4 Å². The molecule has 0 radical (unpaired) electrons. The van der Waals surface area contributed by atoms with Crippen LogP contribution in [-0.2, 0) is 11.2 Å². The molecule has 1 atom stereocenters. The van der Waals surface area contributed by atoms with Crippen LogP contribution >= 0.6 is 11.3 Å². The van der Waals surface area contributed by atoms with Crippen molar-refractivity contribution in [3.8, 4) is 5.75 Å². The van der Waals surface area contributed by atoms with Gasteiger partial charge >= 0.3 is 0 Å². The van der Waals surface area contributed by atoms with Crippen molar-refractivity contribution in [2.24, 2.45) is 0 Å². The van der Waals surface area contributed by atoms with Crippen LogP contribution in [0.15, 0.2) is 60.0 Å². The molecule has 200 valence electrons. The summed E-state index contributed by atoms with van der Waals surface area (Å²) in [5.41, 5.74) is 0.998. The Balaban J connectivity index is 1.34. The van der Waals surface area contributed by atoms with Crippen molar-refractivity contribution in [3.05, 3.63) is 87.6 Å². The van der Waals surface area contributed by atoms with Crippen molar-refractivity contribution < 1.29 is 23.1 Å². The average Bonchev–Trinajstić information content (AvgIpc) is 3.63. The highest BCUT2D eigenvalue weighted by molar-refractivity contribution is 7.10. The topological polar surface area (TPSA) is 53.1 Å². The largest absolute Gasteiger partial charge is 0.491 e. The minimum absolute atomic E-state index is 0.0309. The van der Waals surface area contributed by atoms with Crippen molar-refractivity contribution in [1.82, 2.24) is 14.7 Å². The summed E-state index contributed by atoms with van der Waals surface area (Å²) in [5.74, 6) is -1.12. The van der Waals surface area contributed by atoms with Crippen molar-refractivity contribution in [2.75, 3.05) is 45.9 Å². The number of thiophene rings is 1. The lowest BCUT2D eigenvalue weighted by Gasteiger charge is -2.37. The number of ether oxygens (including phenoxy) is 1. The molecule has 0 spiro atoms. The number of hydrogen-bond donors (Lipinski definition) is 0. The average molecular weight is 540 g/mol. The van der Waals surface area contributed by atoms with E-state index in [1.165, 1.54) is 34.0 Å². The molecule has 1 aromatic heterocycles. The molecule has 0 bridgehead atoms. The van der Waals surface area contributed by atoms with Crippen LogP contribution in [-0.4, -0.2) is 72.4 Å². The highest BCUT2D eigenvalue weighted by atomic mass is 32.1. The molecular weight excluding hydrogens is 508 g/mol. The monoisotopic (exact) mass is 539 g/mol. The fraction of sp³-hybridized carbons (Fsp3) is 0.379. The molecule has 1 fully saturated rings. The molecule has 2 aliphatic heterocycles. The van der Waals surface area contributed by atoms with Gasteiger partial charge in [-0.1, -0.05) is 12.1 Å². The molecule has 5 rings (SSSR count). The van der Waals surface area contributed by atoms with Crippen molar-refractivity contribution in [3.63, 3.8) is 0 Å². The maximum Gasteiger partial charge on any atom is 0.257 e. The standard InChI is InChI=1S/C29H31F2N3O3S/c30-21-7-9-22(10-8-21)37-20-26-24-12-18-38-27(24)11-15-34(26)28(35)19-33(17-16-32-13-3-4-14-32)29(36)23-5-1-2-6-25(23)31/h1-2,5-10,12,18,26H,3-4,11,13-17,19-20H2. The summed E-state index contributed by atoms with van der Waals surface area (Å²) >= 11 is 1.65. The second-order valence-electron chi connectivity index (χ2n) is 9.67. The van der Waals surface area contributed by atoms with Gasteiger partial charge in [-0.05, 0) is 85.8 Å². The maximum atomic E-state index is 14.5. The smallest absolute Gasteiger partial charge is 0.257 e. The van der Waals surface area contributed by atoms with E-state index < -0.39 is 11.7 Å². The van der Waals surface area contributed by atoms with Gasteiger partial charge in [-0.15, -0.1) is 11.3 Å². The molecule has 38 heavy (non-hydrogen) atoms. The zero-order valence-electron chi connectivity index (χ0n) is 21.2. The Hall–Kier alpha value is -3.30. The van der Waals surface area contributed by atoms with Crippen LogP contribution in [0.4, 0.5) is 8.78 Å². The summed E-state index contributed by atoms with van der Waals surface area (Å²) in [6.07, 6.45) is 2.96. The number of fused-ring (bicyclic) bond motifs is 1. The van der Waals surface area contributed by atoms with Gasteiger partial charge in [0.15, 0.2) is 0 Å². The van der Waals surface area contributed by atoms with E-state index in [2.05, 4.69) is 4.90 Å². The Morgan fingerprint density at radius 1 is 1.00 bits per heavy atom. The Bertz CT molecular complexity index is 1260. The number of rotatable bonds is 9. The van der Waals surface area contributed by atoms with Gasteiger partial charge in [0.1, 0.15) is 30.5 Å². The molecule has 6 nitrogen and oxygen atoms in total. The number of carbonyl (C=O) groups is 2. The van der Waals surface area contributed by atoms with E-state index >= 15 is 0 Å². The molecule has 3 heterocycles. The minimum atomic E-state index is -0.595. The highest BCUT2D eigenvalue weighted by Gasteiger charge is 2.34. The van der Waals surface area contributed by atoms with Gasteiger partial charge in [-0.25, -0.2) is 8.78 Å². The van der Waals surface area contributed by atoms with Gasteiger partial charge in [0.2, 0.25) is 5.91 Å². The Morgan fingerprint density at radius 3 is 2.53 bits per heavy atom. The Kier molecular flexibility index (Phi) is 8.34. The Labute approximate surface area is 225 Å². The first-order valence-electron chi connectivity index (χ1n) is 13.0. The predicted molar refractivity (Wildman–Crippen MR) is 142 cm³/mol. The fourth-order valence-corrected chi connectivity index (χ4v) is 6.09. The van der Waals surface area contributed by atoms with E-state index in [0.717, 1.165) is 37.9 Å². The second-order valence-corrected chi connectivity index (χ2v) is 10.7. The first-order valence-corrected chi connectivity index (χ1v) is 13.9. The number of benzene rings is 2. The Morgan fingerprint density at radius 2 is 1.76 bits per heavy atom. The first-order chi connectivity index (χ1) is 18.5. The third-order valence-electron chi connectivity index (χ3n) is 7.24. The highest BCUT2D eigenvalue weighted by Crippen LogP contribution is 2.34. The molecule has 1 saturated heterocycles. The van der Waals surface area contributed by atoms with Gasteiger partial charge in [0.25, 0.3) is 5.91 Å². The summed E-state index contributed by atoms with van der Waals surface area (Å²) in [6.45, 7) is 3.46. The maximum absolute atomic E-state index is 14.5. The van der Waals surface area contributed by atoms with Crippen LogP contribution in [0.3, 0.4) is 0 Å². The van der Waals surface area contributed by atoms with Crippen molar-refractivity contribution in [1.29, 1.82) is 0 Å². The zero-order chi connectivity index (χ0) is 26.5. The molecule has 9 heteroatoms. The van der Waals surface area contributed by atoms with Gasteiger partial charge in [0, 0.05) is 24.5 Å². The van der Waals surface area contributed by atoms with Crippen LogP contribution in [0.25, 0.3) is 0 Å². The number of likely N-dealkylation sites (tertiary alicyclic amines) is 1. The molecule has 0 aliphatic carbocycles. The number of hydrogen-bond acceptors (Lipinski definition) is 5. The van der Waals surface area contributed by atoms with E-state index in [9.17, 15) is 18.4 Å². The number of carbonyl (C=O) groups excluding carboxylic acids is 2. The first kappa shape index (κ1) is 26.3. The lowest BCUT2D eigenvalue weighted by molar-refractivity contribution is -0.135. The lowest BCUT2D eigenvalue weighted by Crippen LogP contribution is -2.49. The quantitative estimate of drug-likeness (QED) is 0.393. The van der Waals surface area contributed by atoms with Crippen molar-refractivity contribution >= 4 is 23.2 Å². The third-order valence-corrected chi connectivity index (χ3v) is 8.24. The van der Waals surface area contributed by atoms with Gasteiger partial charge < -0.3 is 19.4 Å². The molecule has 0 N–H and O–H groups in total. The molecule has 2 aromatic carbocycles. The number of amides is 2. The van der Waals surface area contributed by atoms with Gasteiger partial charge in [-0.3, -0.25) is 9.59 Å². The zero-order valence-corrected chi connectivity index (χ0v) is 22.0. The number of nitrogens with zero attached hydrogens (tertiary/aromatic N) is 3. The lowest BCUT2D eigenvalue weighted by atomic mass is 10.0. The normalized spacial score (nSPS) is 17.3. The summed E-state index contributed by atoms with van der Waals surface area (Å²) in [5, 5.41) is 2.01. The van der Waals surface area contributed by atoms with Gasteiger partial charge in [-0.2, -0.15) is 0 Å². The van der Waals surface area contributed by atoms with E-state index in [-0.39, 0.29) is 36.5 Å². The van der Waals surface area contributed by atoms with Crippen molar-refractivity contribution in [2.45, 2.75) is 25.3 Å². The molecule has 0 saturated carbocycles. The van der Waals surface area contributed by atoms with Gasteiger partial charge in [0.05, 0.1) is 11.6 Å². The summed E-state index contributed by atoms with van der Waals surface area (Å²) in [7, 11) is 0. The van der Waals surface area contributed by atoms with Crippen LogP contribution < -0.4 is 4.74 Å². The molecule has 1 unspecified atom stereocenters. The summed E-state index contributed by atoms with van der Waals surface area (Å²) < 4.78 is 33.8.